The number of carbonyl (C=O) groups is 1. The van der Waals surface area contributed by atoms with Gasteiger partial charge in [-0.1, -0.05) is 25.4 Å². The number of benzene rings is 1. The Kier molecular flexibility index (Phi) is 5.66. The summed E-state index contributed by atoms with van der Waals surface area (Å²) in [5.41, 5.74) is 6.07. The van der Waals surface area contributed by atoms with Crippen LogP contribution in [0.3, 0.4) is 0 Å². The molecule has 1 saturated heterocycles. The average Bonchev–Trinajstić information content (AvgIpc) is 2.95. The monoisotopic (exact) mass is 353 g/mol. The van der Waals surface area contributed by atoms with Crippen molar-refractivity contribution in [2.45, 2.75) is 45.8 Å². The van der Waals surface area contributed by atoms with Crippen molar-refractivity contribution in [2.24, 2.45) is 5.92 Å². The number of hydrogen-bond acceptors (Lipinski definition) is 4. The van der Waals surface area contributed by atoms with Crippen molar-refractivity contribution in [3.63, 3.8) is 0 Å². The molecule has 0 aromatic heterocycles. The van der Waals surface area contributed by atoms with Crippen LogP contribution in [0.4, 0.5) is 11.4 Å². The number of amides is 1. The third kappa shape index (κ3) is 4.33. The maximum Gasteiger partial charge on any atom is 0.254 e. The zero-order valence-corrected chi connectivity index (χ0v) is 15.7. The predicted octanol–water partition coefficient (Wildman–Crippen LogP) is 2.76. The number of aliphatic hydroxyl groups is 1. The first-order chi connectivity index (χ1) is 11.1. The Bertz CT molecular complexity index is 598. The van der Waals surface area contributed by atoms with Gasteiger partial charge in [0.1, 0.15) is 5.60 Å². The number of nitrogens with two attached hydrogens (primary N) is 1. The van der Waals surface area contributed by atoms with E-state index in [1.165, 1.54) is 13.8 Å². The molecule has 2 rings (SSSR count). The van der Waals surface area contributed by atoms with Crippen molar-refractivity contribution in [3.05, 3.63) is 23.2 Å². The van der Waals surface area contributed by atoms with Crippen molar-refractivity contribution in [1.29, 1.82) is 0 Å². The lowest BCUT2D eigenvalue weighted by atomic mass is 10.1. The van der Waals surface area contributed by atoms with E-state index < -0.39 is 5.60 Å². The molecule has 0 spiro atoms. The van der Waals surface area contributed by atoms with Gasteiger partial charge in [0.2, 0.25) is 0 Å². The van der Waals surface area contributed by atoms with Gasteiger partial charge in [0, 0.05) is 31.4 Å². The van der Waals surface area contributed by atoms with E-state index in [0.717, 1.165) is 18.7 Å². The zero-order valence-electron chi connectivity index (χ0n) is 14.9. The Hall–Kier alpha value is -1.46. The molecule has 0 aliphatic carbocycles. The first-order valence-corrected chi connectivity index (χ1v) is 8.80. The summed E-state index contributed by atoms with van der Waals surface area (Å²) < 4.78 is 0. The molecular weight excluding hydrogens is 326 g/mol. The third-order valence-corrected chi connectivity index (χ3v) is 4.62. The summed E-state index contributed by atoms with van der Waals surface area (Å²) in [7, 11) is 0. The molecule has 6 heteroatoms. The van der Waals surface area contributed by atoms with E-state index in [2.05, 4.69) is 18.7 Å². The lowest BCUT2D eigenvalue weighted by Crippen LogP contribution is -2.46. The van der Waals surface area contributed by atoms with Crippen LogP contribution in [0.1, 0.15) is 34.1 Å². The van der Waals surface area contributed by atoms with E-state index in [-0.39, 0.29) is 11.9 Å². The Balaban J connectivity index is 2.20. The summed E-state index contributed by atoms with van der Waals surface area (Å²) in [4.78, 5) is 16.4. The van der Waals surface area contributed by atoms with Gasteiger partial charge in [-0.05, 0) is 44.4 Å². The van der Waals surface area contributed by atoms with Gasteiger partial charge in [0.05, 0.1) is 10.7 Å². The molecule has 5 nitrogen and oxygen atoms in total. The van der Waals surface area contributed by atoms with Crippen molar-refractivity contribution in [1.82, 2.24) is 4.90 Å². The molecule has 0 saturated carbocycles. The van der Waals surface area contributed by atoms with Gasteiger partial charge in [0.15, 0.2) is 0 Å². The largest absolute Gasteiger partial charge is 0.398 e. The van der Waals surface area contributed by atoms with Crippen LogP contribution in [0.25, 0.3) is 0 Å². The third-order valence-electron chi connectivity index (χ3n) is 4.29. The van der Waals surface area contributed by atoms with Crippen LogP contribution in [-0.4, -0.2) is 47.2 Å². The SMILES string of the molecule is CC(C)CN(c1ccc(N)c(Cl)c1)C1CCN(C(=O)C(C)(C)O)C1. The Morgan fingerprint density at radius 2 is 2.17 bits per heavy atom. The molecule has 1 heterocycles. The van der Waals surface area contributed by atoms with Gasteiger partial charge < -0.3 is 20.6 Å². The quantitative estimate of drug-likeness (QED) is 0.798. The number of nitrogens with zero attached hydrogens (tertiary/aromatic N) is 2. The van der Waals surface area contributed by atoms with E-state index in [9.17, 15) is 9.90 Å². The Labute approximate surface area is 149 Å². The van der Waals surface area contributed by atoms with Crippen LogP contribution in [0.15, 0.2) is 18.2 Å². The van der Waals surface area contributed by atoms with Gasteiger partial charge >= 0.3 is 0 Å². The minimum absolute atomic E-state index is 0.207. The second-order valence-electron chi connectivity index (χ2n) is 7.50. The Morgan fingerprint density at radius 3 is 2.71 bits per heavy atom. The number of nitrogen functional groups attached to an aromatic ring is 1. The molecule has 0 radical (unpaired) electrons. The van der Waals surface area contributed by atoms with Crippen LogP contribution < -0.4 is 10.6 Å². The zero-order chi connectivity index (χ0) is 18.1. The lowest BCUT2D eigenvalue weighted by Gasteiger charge is -2.33. The molecule has 1 atom stereocenters. The van der Waals surface area contributed by atoms with Crippen molar-refractivity contribution >= 4 is 28.9 Å². The van der Waals surface area contributed by atoms with Crippen LogP contribution >= 0.6 is 11.6 Å². The summed E-state index contributed by atoms with van der Waals surface area (Å²) >= 11 is 6.19. The van der Waals surface area contributed by atoms with Crippen LogP contribution in [0, 0.1) is 5.92 Å². The number of hydrogen-bond donors (Lipinski definition) is 2. The summed E-state index contributed by atoms with van der Waals surface area (Å²) in [6.07, 6.45) is 0.872. The maximum atomic E-state index is 12.3. The highest BCUT2D eigenvalue weighted by Crippen LogP contribution is 2.30. The minimum Gasteiger partial charge on any atom is -0.398 e. The molecule has 0 bridgehead atoms. The van der Waals surface area contributed by atoms with Gasteiger partial charge in [-0.3, -0.25) is 4.79 Å². The standard InChI is InChI=1S/C18H28ClN3O2/c1-12(2)10-22(13-5-6-16(20)15(19)9-13)14-7-8-21(11-14)17(23)18(3,4)24/h5-6,9,12,14,24H,7-8,10-11,20H2,1-4H3. The highest BCUT2D eigenvalue weighted by Gasteiger charge is 2.36. The molecule has 1 aromatic carbocycles. The smallest absolute Gasteiger partial charge is 0.254 e. The van der Waals surface area contributed by atoms with Gasteiger partial charge in [0.25, 0.3) is 5.91 Å². The first-order valence-electron chi connectivity index (χ1n) is 8.43. The summed E-state index contributed by atoms with van der Waals surface area (Å²) in [5.74, 6) is 0.255. The summed E-state index contributed by atoms with van der Waals surface area (Å²) in [5, 5.41) is 10.5. The summed E-state index contributed by atoms with van der Waals surface area (Å²) in [6.45, 7) is 9.54. The molecule has 3 N–H and O–H groups in total. The molecule has 1 aliphatic heterocycles. The second-order valence-corrected chi connectivity index (χ2v) is 7.91. The topological polar surface area (TPSA) is 69.8 Å². The molecule has 1 aromatic rings. The summed E-state index contributed by atoms with van der Waals surface area (Å²) in [6, 6.07) is 5.89. The second kappa shape index (κ2) is 7.19. The highest BCUT2D eigenvalue weighted by atomic mass is 35.5. The fourth-order valence-electron chi connectivity index (χ4n) is 3.12. The predicted molar refractivity (Wildman–Crippen MR) is 99.3 cm³/mol. The molecule has 1 amide bonds. The molecule has 134 valence electrons. The fourth-order valence-corrected chi connectivity index (χ4v) is 3.30. The van der Waals surface area contributed by atoms with Crippen LogP contribution in [0.2, 0.25) is 5.02 Å². The number of likely N-dealkylation sites (tertiary alicyclic amines) is 1. The number of halogens is 1. The molecule has 1 fully saturated rings. The van der Waals surface area contributed by atoms with E-state index in [4.69, 9.17) is 17.3 Å². The van der Waals surface area contributed by atoms with Crippen molar-refractivity contribution < 1.29 is 9.90 Å². The fraction of sp³-hybridized carbons (Fsp3) is 0.611. The van der Waals surface area contributed by atoms with E-state index >= 15 is 0 Å². The van der Waals surface area contributed by atoms with Crippen molar-refractivity contribution in [3.8, 4) is 0 Å². The highest BCUT2D eigenvalue weighted by molar-refractivity contribution is 6.33. The van der Waals surface area contributed by atoms with Crippen LogP contribution in [-0.2, 0) is 4.79 Å². The number of anilines is 2. The van der Waals surface area contributed by atoms with Gasteiger partial charge in [-0.15, -0.1) is 0 Å². The van der Waals surface area contributed by atoms with Gasteiger partial charge in [-0.25, -0.2) is 0 Å². The molecule has 1 aliphatic rings. The van der Waals surface area contributed by atoms with E-state index in [1.807, 2.05) is 18.2 Å². The minimum atomic E-state index is -1.33. The molecule has 1 unspecified atom stereocenters. The normalized spacial score (nSPS) is 18.3. The maximum absolute atomic E-state index is 12.3. The van der Waals surface area contributed by atoms with E-state index in [1.54, 1.807) is 4.90 Å². The lowest BCUT2D eigenvalue weighted by molar-refractivity contribution is -0.146. The van der Waals surface area contributed by atoms with Crippen molar-refractivity contribution in [2.75, 3.05) is 30.3 Å². The van der Waals surface area contributed by atoms with E-state index in [0.29, 0.717) is 29.7 Å². The Morgan fingerprint density at radius 1 is 1.50 bits per heavy atom. The number of rotatable bonds is 5. The van der Waals surface area contributed by atoms with Crippen LogP contribution in [0.5, 0.6) is 0 Å². The number of carbonyl (C=O) groups excluding carboxylic acids is 1. The molecular formula is C18H28ClN3O2. The average molecular weight is 354 g/mol. The van der Waals surface area contributed by atoms with Gasteiger partial charge in [-0.2, -0.15) is 0 Å². The first kappa shape index (κ1) is 18.9. The molecule has 24 heavy (non-hydrogen) atoms.